The average Bonchev–Trinajstić information content (AvgIpc) is 2.67. The lowest BCUT2D eigenvalue weighted by molar-refractivity contribution is 0.513. The molecule has 2 aromatic rings. The van der Waals surface area contributed by atoms with Gasteiger partial charge in [-0.3, -0.25) is 4.98 Å². The molecule has 0 aromatic carbocycles. The fourth-order valence-corrected chi connectivity index (χ4v) is 1.12. The number of aryl methyl sites for hydroxylation is 1. The first kappa shape index (κ1) is 7.98. The molecule has 66 valence electrons. The van der Waals surface area contributed by atoms with Crippen LogP contribution in [0, 0.1) is 0 Å². The zero-order valence-corrected chi connectivity index (χ0v) is 7.40. The summed E-state index contributed by atoms with van der Waals surface area (Å²) >= 11 is 0. The number of rotatable bonds is 2. The van der Waals surface area contributed by atoms with E-state index in [1.165, 1.54) is 0 Å². The van der Waals surface area contributed by atoms with Crippen molar-refractivity contribution >= 4 is 0 Å². The van der Waals surface area contributed by atoms with E-state index in [0.717, 1.165) is 23.6 Å². The van der Waals surface area contributed by atoms with E-state index in [9.17, 15) is 0 Å². The fraction of sp³-hybridized carbons (Fsp3) is 0.200. The summed E-state index contributed by atoms with van der Waals surface area (Å²) in [5, 5.41) is 0. The molecule has 2 rings (SSSR count). The van der Waals surface area contributed by atoms with Gasteiger partial charge in [0.1, 0.15) is 0 Å². The van der Waals surface area contributed by atoms with E-state index in [1.54, 1.807) is 18.6 Å². The van der Waals surface area contributed by atoms with Crippen LogP contribution in [0.5, 0.6) is 0 Å². The molecule has 0 spiro atoms. The first-order chi connectivity index (χ1) is 6.40. The topological polar surface area (TPSA) is 38.9 Å². The van der Waals surface area contributed by atoms with E-state index >= 15 is 0 Å². The average molecular weight is 174 g/mol. The van der Waals surface area contributed by atoms with Crippen LogP contribution in [0.1, 0.15) is 12.8 Å². The van der Waals surface area contributed by atoms with Crippen molar-refractivity contribution in [1.29, 1.82) is 0 Å². The van der Waals surface area contributed by atoms with Gasteiger partial charge in [-0.25, -0.2) is 4.98 Å². The summed E-state index contributed by atoms with van der Waals surface area (Å²) in [6, 6.07) is 3.83. The van der Waals surface area contributed by atoms with E-state index in [-0.39, 0.29) is 0 Å². The Morgan fingerprint density at radius 2 is 2.31 bits per heavy atom. The molecule has 2 heterocycles. The lowest BCUT2D eigenvalue weighted by Gasteiger charge is -1.92. The molecule has 3 nitrogen and oxygen atoms in total. The predicted molar refractivity (Wildman–Crippen MR) is 49.1 cm³/mol. The largest absolute Gasteiger partial charge is 0.441 e. The fourth-order valence-electron chi connectivity index (χ4n) is 1.12. The third-order valence-electron chi connectivity index (χ3n) is 1.80. The van der Waals surface area contributed by atoms with Gasteiger partial charge in [0, 0.05) is 24.4 Å². The standard InChI is InChI=1S/C10H10N2O/c1-2-10-12-7-9(13-10)8-4-3-5-11-6-8/h3-7H,2H2,1H3. The Balaban J connectivity index is 2.36. The van der Waals surface area contributed by atoms with Crippen molar-refractivity contribution in [2.45, 2.75) is 13.3 Å². The van der Waals surface area contributed by atoms with Gasteiger partial charge in [0.2, 0.25) is 0 Å². The molecule has 0 aliphatic carbocycles. The third kappa shape index (κ3) is 1.59. The van der Waals surface area contributed by atoms with E-state index in [0.29, 0.717) is 0 Å². The van der Waals surface area contributed by atoms with Crippen LogP contribution in [-0.2, 0) is 6.42 Å². The van der Waals surface area contributed by atoms with Crippen LogP contribution in [0.3, 0.4) is 0 Å². The molecule has 2 aromatic heterocycles. The van der Waals surface area contributed by atoms with Crippen LogP contribution in [0.2, 0.25) is 0 Å². The van der Waals surface area contributed by atoms with Crippen molar-refractivity contribution in [3.05, 3.63) is 36.6 Å². The van der Waals surface area contributed by atoms with E-state index < -0.39 is 0 Å². The molecule has 0 saturated carbocycles. The lowest BCUT2D eigenvalue weighted by atomic mass is 10.2. The Labute approximate surface area is 76.5 Å². The maximum absolute atomic E-state index is 5.47. The highest BCUT2D eigenvalue weighted by molar-refractivity contribution is 5.54. The van der Waals surface area contributed by atoms with Crippen LogP contribution >= 0.6 is 0 Å². The number of oxazole rings is 1. The van der Waals surface area contributed by atoms with Gasteiger partial charge in [-0.05, 0) is 12.1 Å². The SMILES string of the molecule is CCc1ncc(-c2cccnc2)o1. The molecule has 3 heteroatoms. The van der Waals surface area contributed by atoms with Gasteiger partial charge in [-0.2, -0.15) is 0 Å². The highest BCUT2D eigenvalue weighted by Gasteiger charge is 2.03. The molecule has 0 radical (unpaired) electrons. The zero-order chi connectivity index (χ0) is 9.10. The minimum atomic E-state index is 0.763. The van der Waals surface area contributed by atoms with Crippen molar-refractivity contribution in [2.75, 3.05) is 0 Å². The minimum absolute atomic E-state index is 0.763. The van der Waals surface area contributed by atoms with Crippen molar-refractivity contribution in [3.63, 3.8) is 0 Å². The molecule has 0 unspecified atom stereocenters. The first-order valence-corrected chi connectivity index (χ1v) is 4.25. The van der Waals surface area contributed by atoms with Crippen LogP contribution in [0.4, 0.5) is 0 Å². The number of hydrogen-bond acceptors (Lipinski definition) is 3. The molecule has 0 amide bonds. The molecule has 0 aliphatic heterocycles. The summed E-state index contributed by atoms with van der Waals surface area (Å²) < 4.78 is 5.47. The van der Waals surface area contributed by atoms with E-state index in [1.807, 2.05) is 19.1 Å². The van der Waals surface area contributed by atoms with Gasteiger partial charge < -0.3 is 4.42 Å². The summed E-state index contributed by atoms with van der Waals surface area (Å²) in [6.07, 6.45) is 6.05. The van der Waals surface area contributed by atoms with Crippen LogP contribution in [-0.4, -0.2) is 9.97 Å². The van der Waals surface area contributed by atoms with Crippen molar-refractivity contribution in [2.24, 2.45) is 0 Å². The highest BCUT2D eigenvalue weighted by Crippen LogP contribution is 2.18. The molecule has 0 fully saturated rings. The predicted octanol–water partition coefficient (Wildman–Crippen LogP) is 2.30. The van der Waals surface area contributed by atoms with Crippen LogP contribution in [0.15, 0.2) is 35.1 Å². The lowest BCUT2D eigenvalue weighted by Crippen LogP contribution is -1.75. The van der Waals surface area contributed by atoms with Gasteiger partial charge in [0.15, 0.2) is 11.7 Å². The third-order valence-corrected chi connectivity index (χ3v) is 1.80. The smallest absolute Gasteiger partial charge is 0.194 e. The number of pyridine rings is 1. The maximum atomic E-state index is 5.47. The Morgan fingerprint density at radius 1 is 1.38 bits per heavy atom. The highest BCUT2D eigenvalue weighted by atomic mass is 16.4. The van der Waals surface area contributed by atoms with Crippen molar-refractivity contribution in [1.82, 2.24) is 9.97 Å². The Morgan fingerprint density at radius 3 is 2.92 bits per heavy atom. The molecular weight excluding hydrogens is 164 g/mol. The summed E-state index contributed by atoms with van der Waals surface area (Å²) in [5.41, 5.74) is 0.967. The molecular formula is C10H10N2O. The van der Waals surface area contributed by atoms with Gasteiger partial charge in [0.05, 0.1) is 6.20 Å². The van der Waals surface area contributed by atoms with Gasteiger partial charge in [-0.15, -0.1) is 0 Å². The number of hydrogen-bond donors (Lipinski definition) is 0. The van der Waals surface area contributed by atoms with Crippen molar-refractivity contribution in [3.8, 4) is 11.3 Å². The Kier molecular flexibility index (Phi) is 2.08. The van der Waals surface area contributed by atoms with Crippen molar-refractivity contribution < 1.29 is 4.42 Å². The summed E-state index contributed by atoms with van der Waals surface area (Å²) in [4.78, 5) is 8.12. The molecule has 0 saturated heterocycles. The number of aromatic nitrogens is 2. The second-order valence-electron chi connectivity index (χ2n) is 2.71. The van der Waals surface area contributed by atoms with E-state index in [4.69, 9.17) is 4.42 Å². The quantitative estimate of drug-likeness (QED) is 0.701. The van der Waals surface area contributed by atoms with Crippen LogP contribution < -0.4 is 0 Å². The summed E-state index contributed by atoms with van der Waals surface area (Å²) in [5.74, 6) is 1.55. The Hall–Kier alpha value is -1.64. The molecule has 0 aliphatic rings. The second kappa shape index (κ2) is 3.39. The second-order valence-corrected chi connectivity index (χ2v) is 2.71. The number of nitrogens with zero attached hydrogens (tertiary/aromatic N) is 2. The minimum Gasteiger partial charge on any atom is -0.441 e. The summed E-state index contributed by atoms with van der Waals surface area (Å²) in [6.45, 7) is 2.01. The molecule has 13 heavy (non-hydrogen) atoms. The summed E-state index contributed by atoms with van der Waals surface area (Å²) in [7, 11) is 0. The molecule has 0 atom stereocenters. The first-order valence-electron chi connectivity index (χ1n) is 4.25. The monoisotopic (exact) mass is 174 g/mol. The normalized spacial score (nSPS) is 10.2. The van der Waals surface area contributed by atoms with Gasteiger partial charge in [-0.1, -0.05) is 6.92 Å². The Bertz CT molecular complexity index is 381. The molecule has 0 N–H and O–H groups in total. The van der Waals surface area contributed by atoms with Gasteiger partial charge in [0.25, 0.3) is 0 Å². The zero-order valence-electron chi connectivity index (χ0n) is 7.40. The van der Waals surface area contributed by atoms with E-state index in [2.05, 4.69) is 9.97 Å². The molecule has 0 bridgehead atoms. The van der Waals surface area contributed by atoms with Gasteiger partial charge >= 0.3 is 0 Å². The van der Waals surface area contributed by atoms with Crippen LogP contribution in [0.25, 0.3) is 11.3 Å². The maximum Gasteiger partial charge on any atom is 0.194 e.